The fourth-order valence-corrected chi connectivity index (χ4v) is 2.58. The SMILES string of the molecule is CCCC(=O)Nc1cc(C(F)(F)F)ccc1N1CCN(C)CC1. The molecule has 1 aliphatic rings. The van der Waals surface area contributed by atoms with Crippen molar-refractivity contribution in [1.29, 1.82) is 0 Å². The summed E-state index contributed by atoms with van der Waals surface area (Å²) in [6.45, 7) is 4.97. The molecule has 0 bridgehead atoms. The van der Waals surface area contributed by atoms with Gasteiger partial charge in [-0.25, -0.2) is 0 Å². The van der Waals surface area contributed by atoms with Crippen LogP contribution in [0.2, 0.25) is 0 Å². The molecule has 0 radical (unpaired) electrons. The highest BCUT2D eigenvalue weighted by molar-refractivity contribution is 5.94. The van der Waals surface area contributed by atoms with Crippen LogP contribution >= 0.6 is 0 Å². The van der Waals surface area contributed by atoms with Crippen LogP contribution in [0.1, 0.15) is 25.3 Å². The lowest BCUT2D eigenvalue weighted by Gasteiger charge is -2.35. The summed E-state index contributed by atoms with van der Waals surface area (Å²) >= 11 is 0. The quantitative estimate of drug-likeness (QED) is 0.921. The number of amides is 1. The van der Waals surface area contributed by atoms with Crippen LogP contribution in [0.15, 0.2) is 18.2 Å². The van der Waals surface area contributed by atoms with Crippen molar-refractivity contribution in [3.63, 3.8) is 0 Å². The lowest BCUT2D eigenvalue weighted by molar-refractivity contribution is -0.137. The van der Waals surface area contributed by atoms with E-state index in [4.69, 9.17) is 0 Å². The zero-order valence-electron chi connectivity index (χ0n) is 13.4. The van der Waals surface area contributed by atoms with Crippen molar-refractivity contribution in [3.05, 3.63) is 23.8 Å². The molecule has 1 fully saturated rings. The third kappa shape index (κ3) is 4.60. The molecule has 1 N–H and O–H groups in total. The van der Waals surface area contributed by atoms with E-state index in [1.807, 2.05) is 18.9 Å². The molecule has 1 saturated heterocycles. The van der Waals surface area contributed by atoms with Gasteiger partial charge in [0.2, 0.25) is 5.91 Å². The second-order valence-electron chi connectivity index (χ2n) is 5.82. The molecule has 0 saturated carbocycles. The third-order valence-corrected chi connectivity index (χ3v) is 3.92. The molecule has 1 aliphatic heterocycles. The number of nitrogens with one attached hydrogen (secondary N) is 1. The number of rotatable bonds is 4. The van der Waals surface area contributed by atoms with Gasteiger partial charge in [-0.3, -0.25) is 4.79 Å². The fourth-order valence-electron chi connectivity index (χ4n) is 2.58. The molecule has 0 unspecified atom stereocenters. The van der Waals surface area contributed by atoms with Gasteiger partial charge < -0.3 is 15.1 Å². The van der Waals surface area contributed by atoms with Gasteiger partial charge in [0, 0.05) is 32.6 Å². The number of carbonyl (C=O) groups excluding carboxylic acids is 1. The summed E-state index contributed by atoms with van der Waals surface area (Å²) in [7, 11) is 2.01. The smallest absolute Gasteiger partial charge is 0.367 e. The van der Waals surface area contributed by atoms with Crippen LogP contribution in [0, 0.1) is 0 Å². The van der Waals surface area contributed by atoms with Crippen LogP contribution in [-0.2, 0) is 11.0 Å². The highest BCUT2D eigenvalue weighted by atomic mass is 19.4. The number of alkyl halides is 3. The first-order chi connectivity index (χ1) is 10.8. The second kappa shape index (κ2) is 7.21. The van der Waals surface area contributed by atoms with E-state index in [1.54, 1.807) is 0 Å². The minimum atomic E-state index is -4.43. The van der Waals surface area contributed by atoms with Gasteiger partial charge in [-0.15, -0.1) is 0 Å². The van der Waals surface area contributed by atoms with Gasteiger partial charge in [-0.2, -0.15) is 13.2 Å². The molecular weight excluding hydrogens is 307 g/mol. The topological polar surface area (TPSA) is 35.6 Å². The van der Waals surface area contributed by atoms with E-state index in [1.165, 1.54) is 6.07 Å². The summed E-state index contributed by atoms with van der Waals surface area (Å²) in [6.07, 6.45) is -3.49. The highest BCUT2D eigenvalue weighted by Gasteiger charge is 2.32. The molecule has 0 aromatic heterocycles. The van der Waals surface area contributed by atoms with Gasteiger partial charge in [0.25, 0.3) is 0 Å². The maximum atomic E-state index is 12.9. The van der Waals surface area contributed by atoms with Crippen molar-refractivity contribution < 1.29 is 18.0 Å². The number of hydrogen-bond acceptors (Lipinski definition) is 3. The molecule has 23 heavy (non-hydrogen) atoms. The molecule has 2 rings (SSSR count). The summed E-state index contributed by atoms with van der Waals surface area (Å²) in [4.78, 5) is 16.0. The van der Waals surface area contributed by atoms with Gasteiger partial charge in [0.05, 0.1) is 16.9 Å². The van der Waals surface area contributed by atoms with Crippen molar-refractivity contribution in [1.82, 2.24) is 4.90 Å². The average Bonchev–Trinajstić information content (AvgIpc) is 2.47. The van der Waals surface area contributed by atoms with Crippen LogP contribution < -0.4 is 10.2 Å². The summed E-state index contributed by atoms with van der Waals surface area (Å²) in [5, 5.41) is 2.64. The molecule has 1 aromatic rings. The van der Waals surface area contributed by atoms with Crippen molar-refractivity contribution in [3.8, 4) is 0 Å². The molecule has 0 atom stereocenters. The number of likely N-dealkylation sites (N-methyl/N-ethyl adjacent to an activating group) is 1. The van der Waals surface area contributed by atoms with Crippen molar-refractivity contribution in [2.75, 3.05) is 43.4 Å². The third-order valence-electron chi connectivity index (χ3n) is 3.92. The Balaban J connectivity index is 2.30. The number of hydrogen-bond donors (Lipinski definition) is 1. The number of piperazine rings is 1. The maximum Gasteiger partial charge on any atom is 0.416 e. The fraction of sp³-hybridized carbons (Fsp3) is 0.562. The maximum absolute atomic E-state index is 12.9. The van der Waals surface area contributed by atoms with Gasteiger partial charge in [0.1, 0.15) is 0 Å². The van der Waals surface area contributed by atoms with E-state index < -0.39 is 11.7 Å². The zero-order chi connectivity index (χ0) is 17.0. The number of benzene rings is 1. The Labute approximate surface area is 134 Å². The first kappa shape index (κ1) is 17.6. The highest BCUT2D eigenvalue weighted by Crippen LogP contribution is 2.35. The van der Waals surface area contributed by atoms with Crippen molar-refractivity contribution >= 4 is 17.3 Å². The van der Waals surface area contributed by atoms with E-state index in [-0.39, 0.29) is 11.6 Å². The van der Waals surface area contributed by atoms with Crippen LogP contribution in [-0.4, -0.2) is 44.0 Å². The lowest BCUT2D eigenvalue weighted by atomic mass is 10.1. The van der Waals surface area contributed by atoms with Gasteiger partial charge in [-0.1, -0.05) is 6.92 Å². The first-order valence-corrected chi connectivity index (χ1v) is 7.76. The summed E-state index contributed by atoms with van der Waals surface area (Å²) in [5.41, 5.74) is 0.139. The standard InChI is InChI=1S/C16H22F3N3O/c1-3-4-15(23)20-13-11-12(16(17,18)19)5-6-14(13)22-9-7-21(2)8-10-22/h5-6,11H,3-4,7-10H2,1-2H3,(H,20,23). The predicted octanol–water partition coefficient (Wildman–Crippen LogP) is 3.20. The second-order valence-corrected chi connectivity index (χ2v) is 5.82. The van der Waals surface area contributed by atoms with Crippen molar-refractivity contribution in [2.24, 2.45) is 0 Å². The van der Waals surface area contributed by atoms with E-state index in [0.29, 0.717) is 18.5 Å². The number of nitrogens with zero attached hydrogens (tertiary/aromatic N) is 2. The average molecular weight is 329 g/mol. The minimum absolute atomic E-state index is 0.239. The van der Waals surface area contributed by atoms with E-state index in [2.05, 4.69) is 10.2 Å². The van der Waals surface area contributed by atoms with Crippen LogP contribution in [0.4, 0.5) is 24.5 Å². The molecule has 4 nitrogen and oxygen atoms in total. The molecule has 1 aromatic carbocycles. The molecule has 1 amide bonds. The Morgan fingerprint density at radius 1 is 1.22 bits per heavy atom. The predicted molar refractivity (Wildman–Crippen MR) is 84.7 cm³/mol. The molecule has 7 heteroatoms. The summed E-state index contributed by atoms with van der Waals surface area (Å²) in [5.74, 6) is -0.262. The number of carbonyl (C=O) groups is 1. The molecule has 0 spiro atoms. The normalized spacial score (nSPS) is 16.5. The summed E-state index contributed by atoms with van der Waals surface area (Å²) in [6, 6.07) is 3.56. The van der Waals surface area contributed by atoms with E-state index >= 15 is 0 Å². The minimum Gasteiger partial charge on any atom is -0.367 e. The summed E-state index contributed by atoms with van der Waals surface area (Å²) < 4.78 is 38.8. The Kier molecular flexibility index (Phi) is 5.51. The largest absolute Gasteiger partial charge is 0.416 e. The van der Waals surface area contributed by atoms with Gasteiger partial charge in [-0.05, 0) is 31.7 Å². The van der Waals surface area contributed by atoms with E-state index in [0.717, 1.165) is 38.3 Å². The van der Waals surface area contributed by atoms with Gasteiger partial charge in [0.15, 0.2) is 0 Å². The Bertz CT molecular complexity index is 552. The first-order valence-electron chi connectivity index (χ1n) is 7.76. The molecule has 128 valence electrons. The Morgan fingerprint density at radius 2 is 1.87 bits per heavy atom. The number of halogens is 3. The monoisotopic (exact) mass is 329 g/mol. The van der Waals surface area contributed by atoms with Crippen LogP contribution in [0.25, 0.3) is 0 Å². The Morgan fingerprint density at radius 3 is 2.43 bits per heavy atom. The van der Waals surface area contributed by atoms with Crippen molar-refractivity contribution in [2.45, 2.75) is 25.9 Å². The molecular formula is C16H22F3N3O. The van der Waals surface area contributed by atoms with Gasteiger partial charge >= 0.3 is 6.18 Å². The number of anilines is 2. The molecule has 1 heterocycles. The molecule has 0 aliphatic carbocycles. The zero-order valence-corrected chi connectivity index (χ0v) is 13.4. The van der Waals surface area contributed by atoms with Crippen LogP contribution in [0.3, 0.4) is 0 Å². The van der Waals surface area contributed by atoms with Crippen LogP contribution in [0.5, 0.6) is 0 Å². The van der Waals surface area contributed by atoms with E-state index in [9.17, 15) is 18.0 Å². The lowest BCUT2D eigenvalue weighted by Crippen LogP contribution is -2.44. The Hall–Kier alpha value is -1.76.